The van der Waals surface area contributed by atoms with Crippen molar-refractivity contribution in [3.05, 3.63) is 41.9 Å². The fourth-order valence-corrected chi connectivity index (χ4v) is 3.98. The summed E-state index contributed by atoms with van der Waals surface area (Å²) in [7, 11) is -3.77. The average Bonchev–Trinajstić information content (AvgIpc) is 3.13. The lowest BCUT2D eigenvalue weighted by Crippen LogP contribution is -2.36. The number of pyridine rings is 1. The number of hydrogen-bond donors (Lipinski definition) is 3. The SMILES string of the molecule is Cc1noc(-c2cc(-c3cc(S(=O)(=O)NCC(C)(C)CO)ccc3C)cnc2N)n1.Cl. The van der Waals surface area contributed by atoms with E-state index in [0.29, 0.717) is 22.5 Å². The quantitative estimate of drug-likeness (QED) is 0.481. The molecule has 0 bridgehead atoms. The average molecular weight is 468 g/mol. The first-order valence-corrected chi connectivity index (χ1v) is 10.8. The van der Waals surface area contributed by atoms with Crippen LogP contribution in [-0.2, 0) is 10.0 Å². The van der Waals surface area contributed by atoms with Crippen LogP contribution in [0.2, 0.25) is 0 Å². The zero-order chi connectivity index (χ0) is 22.1. The first-order valence-electron chi connectivity index (χ1n) is 9.30. The van der Waals surface area contributed by atoms with Crippen LogP contribution in [-0.4, -0.2) is 41.8 Å². The van der Waals surface area contributed by atoms with E-state index in [9.17, 15) is 13.5 Å². The Hall–Kier alpha value is -2.53. The summed E-state index contributed by atoms with van der Waals surface area (Å²) in [5, 5.41) is 13.1. The van der Waals surface area contributed by atoms with Crippen molar-refractivity contribution < 1.29 is 18.0 Å². The van der Waals surface area contributed by atoms with E-state index in [2.05, 4.69) is 19.8 Å². The third kappa shape index (κ3) is 5.59. The van der Waals surface area contributed by atoms with Gasteiger partial charge in [0, 0.05) is 30.3 Å². The maximum absolute atomic E-state index is 12.8. The Balaban J connectivity index is 0.00000341. The molecule has 0 unspecified atom stereocenters. The number of aromatic nitrogens is 3. The molecule has 4 N–H and O–H groups in total. The first kappa shape index (κ1) is 24.7. The van der Waals surface area contributed by atoms with Crippen LogP contribution in [0.5, 0.6) is 0 Å². The molecule has 168 valence electrons. The van der Waals surface area contributed by atoms with E-state index in [0.717, 1.165) is 5.56 Å². The molecule has 3 aromatic rings. The number of nitrogen functional groups attached to an aromatic ring is 1. The number of anilines is 1. The van der Waals surface area contributed by atoms with Gasteiger partial charge in [0.1, 0.15) is 5.82 Å². The van der Waals surface area contributed by atoms with Gasteiger partial charge in [0.2, 0.25) is 10.0 Å². The van der Waals surface area contributed by atoms with Gasteiger partial charge in [-0.05, 0) is 43.2 Å². The third-order valence-corrected chi connectivity index (χ3v) is 6.07. The Bertz CT molecular complexity index is 1180. The summed E-state index contributed by atoms with van der Waals surface area (Å²) in [5.74, 6) is 0.946. The Kier molecular flexibility index (Phi) is 7.43. The Labute approximate surface area is 187 Å². The normalized spacial score (nSPS) is 11.9. The van der Waals surface area contributed by atoms with E-state index in [1.54, 1.807) is 51.2 Å². The molecule has 0 amide bonds. The van der Waals surface area contributed by atoms with E-state index < -0.39 is 15.4 Å². The van der Waals surface area contributed by atoms with Crippen molar-refractivity contribution in [1.82, 2.24) is 19.8 Å². The molecule has 1 aromatic carbocycles. The number of hydrogen-bond acceptors (Lipinski definition) is 8. The van der Waals surface area contributed by atoms with Crippen molar-refractivity contribution in [3.8, 4) is 22.6 Å². The lowest BCUT2D eigenvalue weighted by molar-refractivity contribution is 0.163. The number of aryl methyl sites for hydroxylation is 2. The lowest BCUT2D eigenvalue weighted by Gasteiger charge is -2.22. The minimum atomic E-state index is -3.77. The van der Waals surface area contributed by atoms with E-state index in [1.807, 2.05) is 6.92 Å². The summed E-state index contributed by atoms with van der Waals surface area (Å²) in [6.45, 7) is 7.10. The maximum Gasteiger partial charge on any atom is 0.261 e. The molecule has 0 atom stereocenters. The number of aliphatic hydroxyl groups is 1. The van der Waals surface area contributed by atoms with E-state index >= 15 is 0 Å². The first-order chi connectivity index (χ1) is 14.0. The number of halogens is 1. The van der Waals surface area contributed by atoms with Crippen LogP contribution in [0.1, 0.15) is 25.2 Å². The number of nitrogens with one attached hydrogen (secondary N) is 1. The van der Waals surface area contributed by atoms with Gasteiger partial charge >= 0.3 is 0 Å². The molecule has 0 saturated heterocycles. The molecule has 0 aliphatic carbocycles. The molecule has 2 aromatic heterocycles. The number of rotatable bonds is 7. The number of benzene rings is 1. The van der Waals surface area contributed by atoms with Crippen LogP contribution < -0.4 is 10.5 Å². The van der Waals surface area contributed by atoms with E-state index in [-0.39, 0.29) is 42.2 Å². The van der Waals surface area contributed by atoms with Crippen LogP contribution in [0.25, 0.3) is 22.6 Å². The highest BCUT2D eigenvalue weighted by Gasteiger charge is 2.23. The van der Waals surface area contributed by atoms with Crippen molar-refractivity contribution >= 4 is 28.2 Å². The molecule has 3 rings (SSSR count). The molecule has 0 aliphatic rings. The Morgan fingerprint density at radius 2 is 1.90 bits per heavy atom. The third-order valence-electron chi connectivity index (χ3n) is 4.68. The van der Waals surface area contributed by atoms with Gasteiger partial charge in [-0.1, -0.05) is 25.1 Å². The van der Waals surface area contributed by atoms with Gasteiger partial charge in [-0.15, -0.1) is 12.4 Å². The molecule has 0 fully saturated rings. The fraction of sp³-hybridized carbons (Fsp3) is 0.350. The van der Waals surface area contributed by atoms with Crippen molar-refractivity contribution in [2.75, 3.05) is 18.9 Å². The van der Waals surface area contributed by atoms with Crippen LogP contribution in [0, 0.1) is 19.3 Å². The summed E-state index contributed by atoms with van der Waals surface area (Å²) in [4.78, 5) is 8.51. The molecule has 0 saturated carbocycles. The number of aliphatic hydroxyl groups excluding tert-OH is 1. The number of nitrogens with zero attached hydrogens (tertiary/aromatic N) is 3. The molecule has 11 heteroatoms. The molecule has 0 spiro atoms. The molecular formula is C20H26ClN5O4S. The van der Waals surface area contributed by atoms with Crippen LogP contribution >= 0.6 is 12.4 Å². The minimum absolute atomic E-state index is 0. The zero-order valence-corrected chi connectivity index (χ0v) is 19.3. The second-order valence-electron chi connectivity index (χ2n) is 7.93. The van der Waals surface area contributed by atoms with E-state index in [4.69, 9.17) is 10.3 Å². The highest BCUT2D eigenvalue weighted by Crippen LogP contribution is 2.31. The number of nitrogens with two attached hydrogens (primary N) is 1. The summed E-state index contributed by atoms with van der Waals surface area (Å²) in [5.41, 5.74) is 8.10. The van der Waals surface area contributed by atoms with Gasteiger partial charge in [-0.2, -0.15) is 4.98 Å². The van der Waals surface area contributed by atoms with Gasteiger partial charge in [0.15, 0.2) is 5.82 Å². The van der Waals surface area contributed by atoms with E-state index in [1.165, 1.54) is 0 Å². The smallest absolute Gasteiger partial charge is 0.261 e. The topological polar surface area (TPSA) is 144 Å². The zero-order valence-electron chi connectivity index (χ0n) is 17.7. The van der Waals surface area contributed by atoms with Gasteiger partial charge in [-0.3, -0.25) is 0 Å². The summed E-state index contributed by atoms with van der Waals surface area (Å²) < 4.78 is 33.3. The largest absolute Gasteiger partial charge is 0.396 e. The maximum atomic E-state index is 12.8. The number of sulfonamides is 1. The highest BCUT2D eigenvalue weighted by molar-refractivity contribution is 7.89. The summed E-state index contributed by atoms with van der Waals surface area (Å²) in [6, 6.07) is 6.60. The lowest BCUT2D eigenvalue weighted by atomic mass is 9.96. The highest BCUT2D eigenvalue weighted by atomic mass is 35.5. The summed E-state index contributed by atoms with van der Waals surface area (Å²) in [6.07, 6.45) is 1.57. The molecule has 9 nitrogen and oxygen atoms in total. The minimum Gasteiger partial charge on any atom is -0.396 e. The van der Waals surface area contributed by atoms with Crippen molar-refractivity contribution in [3.63, 3.8) is 0 Å². The van der Waals surface area contributed by atoms with Crippen molar-refractivity contribution in [2.45, 2.75) is 32.6 Å². The Morgan fingerprint density at radius 3 is 2.52 bits per heavy atom. The molecule has 2 heterocycles. The fourth-order valence-electron chi connectivity index (χ4n) is 2.71. The van der Waals surface area contributed by atoms with Crippen LogP contribution in [0.15, 0.2) is 39.9 Å². The van der Waals surface area contributed by atoms with Crippen molar-refractivity contribution in [2.24, 2.45) is 5.41 Å². The standard InChI is InChI=1S/C20H25N5O4S.ClH/c1-12-5-6-15(30(27,28)23-10-20(3,4)11-26)8-16(12)14-7-17(18(21)22-9-14)19-24-13(2)25-29-19;/h5-9,23,26H,10-11H2,1-4H3,(H2,21,22);1H. The summed E-state index contributed by atoms with van der Waals surface area (Å²) >= 11 is 0. The van der Waals surface area contributed by atoms with Crippen LogP contribution in [0.3, 0.4) is 0 Å². The van der Waals surface area contributed by atoms with Gasteiger partial charge in [0.05, 0.1) is 10.5 Å². The monoisotopic (exact) mass is 467 g/mol. The molecule has 0 aliphatic heterocycles. The molecule has 0 radical (unpaired) electrons. The molecular weight excluding hydrogens is 442 g/mol. The van der Waals surface area contributed by atoms with Crippen molar-refractivity contribution in [1.29, 1.82) is 0 Å². The van der Waals surface area contributed by atoms with Gasteiger partial charge in [0.25, 0.3) is 5.89 Å². The second-order valence-corrected chi connectivity index (χ2v) is 9.69. The second kappa shape index (κ2) is 9.31. The Morgan fingerprint density at radius 1 is 1.19 bits per heavy atom. The van der Waals surface area contributed by atoms with Crippen LogP contribution in [0.4, 0.5) is 5.82 Å². The predicted molar refractivity (Wildman–Crippen MR) is 120 cm³/mol. The molecule has 31 heavy (non-hydrogen) atoms. The van der Waals surface area contributed by atoms with Gasteiger partial charge in [-0.25, -0.2) is 18.1 Å². The van der Waals surface area contributed by atoms with Gasteiger partial charge < -0.3 is 15.4 Å². The predicted octanol–water partition coefficient (Wildman–Crippen LogP) is 2.72.